The fraction of sp³-hybridized carbons (Fsp3) is 0.214. The van der Waals surface area contributed by atoms with Gasteiger partial charge in [0.25, 0.3) is 0 Å². The first-order chi connectivity index (χ1) is 8.13. The molecule has 1 aromatic carbocycles. The van der Waals surface area contributed by atoms with Crippen molar-refractivity contribution in [3.8, 4) is 5.75 Å². The second-order valence-corrected chi connectivity index (χ2v) is 3.52. The summed E-state index contributed by atoms with van der Waals surface area (Å²) in [4.78, 5) is 10.7. The highest BCUT2D eigenvalue weighted by molar-refractivity contribution is 5.81. The van der Waals surface area contributed by atoms with Crippen molar-refractivity contribution in [1.29, 1.82) is 0 Å². The monoisotopic (exact) mass is 232 g/mol. The fourth-order valence-corrected chi connectivity index (χ4v) is 1.20. The molecule has 90 valence electrons. The van der Waals surface area contributed by atoms with Crippen molar-refractivity contribution >= 4 is 11.5 Å². The average molecular weight is 232 g/mol. The van der Waals surface area contributed by atoms with Crippen molar-refractivity contribution in [1.82, 2.24) is 0 Å². The van der Waals surface area contributed by atoms with Crippen LogP contribution in [-0.2, 0) is 9.53 Å². The van der Waals surface area contributed by atoms with Gasteiger partial charge in [0.1, 0.15) is 19.0 Å². The van der Waals surface area contributed by atoms with Gasteiger partial charge in [0.05, 0.1) is 0 Å². The van der Waals surface area contributed by atoms with E-state index in [2.05, 4.69) is 13.2 Å². The predicted octanol–water partition coefficient (Wildman–Crippen LogP) is 2.83. The molecular weight excluding hydrogens is 216 g/mol. The molecule has 0 fully saturated rings. The Morgan fingerprint density at radius 1 is 1.29 bits per heavy atom. The number of hydrogen-bond acceptors (Lipinski definition) is 3. The molecule has 0 bridgehead atoms. The molecule has 0 aromatic heterocycles. The minimum Gasteiger partial charge on any atom is -0.490 e. The second kappa shape index (κ2) is 6.53. The lowest BCUT2D eigenvalue weighted by atomic mass is 10.1. The molecule has 0 unspecified atom stereocenters. The zero-order valence-electron chi connectivity index (χ0n) is 9.94. The maximum atomic E-state index is 10.7. The van der Waals surface area contributed by atoms with Gasteiger partial charge in [0.15, 0.2) is 0 Å². The molecule has 0 amide bonds. The standard InChI is InChI=1S/C14H16O3/c1-4-14(15)17-10-9-16-13-7-5-12(6-8-13)11(2)3/h4-8H,1-2,9-10H2,3H3. The Hall–Kier alpha value is -2.03. The highest BCUT2D eigenvalue weighted by atomic mass is 16.6. The van der Waals surface area contributed by atoms with Gasteiger partial charge >= 0.3 is 5.97 Å². The minimum absolute atomic E-state index is 0.215. The molecule has 0 saturated heterocycles. The van der Waals surface area contributed by atoms with E-state index >= 15 is 0 Å². The van der Waals surface area contributed by atoms with E-state index in [-0.39, 0.29) is 6.61 Å². The Kier molecular flexibility index (Phi) is 5.01. The molecule has 3 heteroatoms. The number of ether oxygens (including phenoxy) is 2. The summed E-state index contributed by atoms with van der Waals surface area (Å²) in [7, 11) is 0. The Morgan fingerprint density at radius 2 is 1.94 bits per heavy atom. The van der Waals surface area contributed by atoms with E-state index < -0.39 is 5.97 Å². The van der Waals surface area contributed by atoms with E-state index in [9.17, 15) is 4.79 Å². The largest absolute Gasteiger partial charge is 0.490 e. The Labute approximate surface area is 101 Å². The maximum absolute atomic E-state index is 10.7. The molecule has 0 spiro atoms. The number of benzene rings is 1. The number of rotatable bonds is 6. The molecule has 0 N–H and O–H groups in total. The summed E-state index contributed by atoms with van der Waals surface area (Å²) in [5.41, 5.74) is 2.09. The van der Waals surface area contributed by atoms with Gasteiger partial charge in [-0.15, -0.1) is 0 Å². The maximum Gasteiger partial charge on any atom is 0.330 e. The molecule has 1 aromatic rings. The third kappa shape index (κ3) is 4.55. The van der Waals surface area contributed by atoms with Gasteiger partial charge in [-0.2, -0.15) is 0 Å². The summed E-state index contributed by atoms with van der Waals surface area (Å²) in [5.74, 6) is 0.302. The first-order valence-corrected chi connectivity index (χ1v) is 5.31. The van der Waals surface area contributed by atoms with E-state index in [0.29, 0.717) is 6.61 Å². The third-order valence-electron chi connectivity index (χ3n) is 2.11. The number of esters is 1. The average Bonchev–Trinajstić information content (AvgIpc) is 2.34. The van der Waals surface area contributed by atoms with Crippen molar-refractivity contribution < 1.29 is 14.3 Å². The van der Waals surface area contributed by atoms with Crippen molar-refractivity contribution in [3.05, 3.63) is 49.1 Å². The molecular formula is C14H16O3. The van der Waals surface area contributed by atoms with Crippen LogP contribution < -0.4 is 4.74 Å². The van der Waals surface area contributed by atoms with Crippen molar-refractivity contribution in [2.24, 2.45) is 0 Å². The Morgan fingerprint density at radius 3 is 2.47 bits per heavy atom. The Balaban J connectivity index is 2.35. The SMILES string of the molecule is C=CC(=O)OCCOc1ccc(C(=C)C)cc1. The van der Waals surface area contributed by atoms with Gasteiger partial charge in [-0.3, -0.25) is 0 Å². The van der Waals surface area contributed by atoms with Crippen LogP contribution in [0.5, 0.6) is 5.75 Å². The lowest BCUT2D eigenvalue weighted by Crippen LogP contribution is -2.10. The first kappa shape index (κ1) is 13.0. The van der Waals surface area contributed by atoms with Crippen molar-refractivity contribution in [2.75, 3.05) is 13.2 Å². The van der Waals surface area contributed by atoms with Crippen LogP contribution in [0.3, 0.4) is 0 Å². The summed E-state index contributed by atoms with van der Waals surface area (Å²) < 4.78 is 10.2. The van der Waals surface area contributed by atoms with Crippen molar-refractivity contribution in [3.63, 3.8) is 0 Å². The molecule has 0 heterocycles. The zero-order chi connectivity index (χ0) is 12.7. The highest BCUT2D eigenvalue weighted by Crippen LogP contribution is 2.16. The first-order valence-electron chi connectivity index (χ1n) is 5.31. The van der Waals surface area contributed by atoms with Gasteiger partial charge in [-0.25, -0.2) is 4.79 Å². The molecule has 0 aliphatic rings. The van der Waals surface area contributed by atoms with Gasteiger partial charge in [0, 0.05) is 6.08 Å². The third-order valence-corrected chi connectivity index (χ3v) is 2.11. The van der Waals surface area contributed by atoms with E-state index in [0.717, 1.165) is 23.0 Å². The molecule has 3 nitrogen and oxygen atoms in total. The summed E-state index contributed by atoms with van der Waals surface area (Å²) in [6.45, 7) is 9.64. The van der Waals surface area contributed by atoms with E-state index in [1.54, 1.807) is 0 Å². The summed E-state index contributed by atoms with van der Waals surface area (Å²) >= 11 is 0. The highest BCUT2D eigenvalue weighted by Gasteiger charge is 1.98. The molecule has 17 heavy (non-hydrogen) atoms. The van der Waals surface area contributed by atoms with Gasteiger partial charge in [0.2, 0.25) is 0 Å². The van der Waals surface area contributed by atoms with Crippen LogP contribution >= 0.6 is 0 Å². The van der Waals surface area contributed by atoms with E-state index in [1.807, 2.05) is 31.2 Å². The molecule has 0 aliphatic heterocycles. The lowest BCUT2D eigenvalue weighted by Gasteiger charge is -2.07. The topological polar surface area (TPSA) is 35.5 Å². The quantitative estimate of drug-likeness (QED) is 0.430. The van der Waals surface area contributed by atoms with Crippen LogP contribution in [0, 0.1) is 0 Å². The molecule has 0 atom stereocenters. The number of carbonyl (C=O) groups is 1. The van der Waals surface area contributed by atoms with Crippen LogP contribution in [0.25, 0.3) is 5.57 Å². The fourth-order valence-electron chi connectivity index (χ4n) is 1.20. The van der Waals surface area contributed by atoms with Crippen LogP contribution in [-0.4, -0.2) is 19.2 Å². The molecule has 0 aliphatic carbocycles. The van der Waals surface area contributed by atoms with Crippen LogP contribution in [0.4, 0.5) is 0 Å². The lowest BCUT2D eigenvalue weighted by molar-refractivity contribution is -0.138. The van der Waals surface area contributed by atoms with Crippen LogP contribution in [0.2, 0.25) is 0 Å². The molecule has 1 rings (SSSR count). The summed E-state index contributed by atoms with van der Waals surface area (Å²) in [5, 5.41) is 0. The van der Waals surface area contributed by atoms with Crippen LogP contribution in [0.1, 0.15) is 12.5 Å². The molecule has 0 saturated carbocycles. The van der Waals surface area contributed by atoms with Gasteiger partial charge in [-0.1, -0.05) is 30.9 Å². The number of allylic oxidation sites excluding steroid dienone is 1. The Bertz CT molecular complexity index is 404. The minimum atomic E-state index is -0.439. The normalized spacial score (nSPS) is 9.47. The van der Waals surface area contributed by atoms with Gasteiger partial charge < -0.3 is 9.47 Å². The number of carbonyl (C=O) groups excluding carboxylic acids is 1. The van der Waals surface area contributed by atoms with Crippen molar-refractivity contribution in [2.45, 2.75) is 6.92 Å². The molecule has 0 radical (unpaired) electrons. The predicted molar refractivity (Wildman–Crippen MR) is 67.8 cm³/mol. The van der Waals surface area contributed by atoms with Gasteiger partial charge in [-0.05, 0) is 24.6 Å². The van der Waals surface area contributed by atoms with Crippen LogP contribution in [0.15, 0.2) is 43.5 Å². The van der Waals surface area contributed by atoms with E-state index in [4.69, 9.17) is 9.47 Å². The smallest absolute Gasteiger partial charge is 0.330 e. The van der Waals surface area contributed by atoms with E-state index in [1.165, 1.54) is 0 Å². The number of hydrogen-bond donors (Lipinski definition) is 0. The summed E-state index contributed by atoms with van der Waals surface area (Å²) in [6, 6.07) is 7.60. The second-order valence-electron chi connectivity index (χ2n) is 3.52. The zero-order valence-corrected chi connectivity index (χ0v) is 9.94. The summed E-state index contributed by atoms with van der Waals surface area (Å²) in [6.07, 6.45) is 1.13.